The lowest BCUT2D eigenvalue weighted by Gasteiger charge is -2.07. The molecule has 108 valence electrons. The largest absolute Gasteiger partial charge is 0.313 e. The Labute approximate surface area is 123 Å². The molecule has 20 heavy (non-hydrogen) atoms. The summed E-state index contributed by atoms with van der Waals surface area (Å²) in [5.41, 5.74) is 1.33. The molecule has 0 radical (unpaired) electrons. The second-order valence-corrected chi connectivity index (χ2v) is 6.83. The predicted molar refractivity (Wildman–Crippen MR) is 84.6 cm³/mol. The third-order valence-electron chi connectivity index (χ3n) is 4.26. The second-order valence-electron chi connectivity index (χ2n) is 5.74. The lowest BCUT2D eigenvalue weighted by Crippen LogP contribution is -2.07. The van der Waals surface area contributed by atoms with E-state index < -0.39 is 0 Å². The smallest absolute Gasteiger partial charge is 0.259 e. The van der Waals surface area contributed by atoms with Crippen LogP contribution in [0.5, 0.6) is 0 Å². The minimum absolute atomic E-state index is 0.0413. The monoisotopic (exact) mass is 290 g/mol. The third kappa shape index (κ3) is 2.95. The number of H-pyrrole nitrogens is 1. The standard InChI is InChI=1S/C16H22N2OS/c19-15-14-12-9-7-5-3-1-2-4-6-8-10-13(12)20-16(14)18-11-17-15/h11H,1-10H2,(H,17,18,19). The van der Waals surface area contributed by atoms with Crippen LogP contribution in [0.3, 0.4) is 0 Å². The van der Waals surface area contributed by atoms with E-state index in [-0.39, 0.29) is 5.56 Å². The highest BCUT2D eigenvalue weighted by molar-refractivity contribution is 7.18. The zero-order valence-electron chi connectivity index (χ0n) is 11.9. The van der Waals surface area contributed by atoms with E-state index in [2.05, 4.69) is 9.97 Å². The van der Waals surface area contributed by atoms with Gasteiger partial charge in [-0.25, -0.2) is 4.98 Å². The summed E-state index contributed by atoms with van der Waals surface area (Å²) < 4.78 is 0. The van der Waals surface area contributed by atoms with Crippen LogP contribution >= 0.6 is 11.3 Å². The summed E-state index contributed by atoms with van der Waals surface area (Å²) in [5, 5.41) is 0.865. The average molecular weight is 290 g/mol. The van der Waals surface area contributed by atoms with Gasteiger partial charge in [-0.1, -0.05) is 38.5 Å². The molecule has 3 rings (SSSR count). The highest BCUT2D eigenvalue weighted by Crippen LogP contribution is 2.31. The summed E-state index contributed by atoms with van der Waals surface area (Å²) in [7, 11) is 0. The van der Waals surface area contributed by atoms with Crippen molar-refractivity contribution in [3.8, 4) is 0 Å². The van der Waals surface area contributed by atoms with Crippen molar-refractivity contribution < 1.29 is 0 Å². The van der Waals surface area contributed by atoms with E-state index in [0.29, 0.717) is 0 Å². The van der Waals surface area contributed by atoms with Gasteiger partial charge in [-0.15, -0.1) is 11.3 Å². The van der Waals surface area contributed by atoms with Crippen LogP contribution in [0.4, 0.5) is 0 Å². The van der Waals surface area contributed by atoms with E-state index in [4.69, 9.17) is 0 Å². The Hall–Kier alpha value is -1.16. The van der Waals surface area contributed by atoms with Gasteiger partial charge >= 0.3 is 0 Å². The van der Waals surface area contributed by atoms with E-state index in [1.807, 2.05) is 0 Å². The van der Waals surface area contributed by atoms with Crippen LogP contribution in [-0.4, -0.2) is 9.97 Å². The van der Waals surface area contributed by atoms with E-state index >= 15 is 0 Å². The van der Waals surface area contributed by atoms with Gasteiger partial charge in [0.25, 0.3) is 5.56 Å². The van der Waals surface area contributed by atoms with Crippen LogP contribution in [0.15, 0.2) is 11.1 Å². The van der Waals surface area contributed by atoms with Gasteiger partial charge in [-0.05, 0) is 31.2 Å². The normalized spacial score (nSPS) is 18.2. The fourth-order valence-electron chi connectivity index (χ4n) is 3.16. The number of nitrogens with zero attached hydrogens (tertiary/aromatic N) is 1. The van der Waals surface area contributed by atoms with Gasteiger partial charge < -0.3 is 4.98 Å². The first-order valence-electron chi connectivity index (χ1n) is 7.84. The van der Waals surface area contributed by atoms with Gasteiger partial charge in [0.2, 0.25) is 0 Å². The first-order chi connectivity index (χ1) is 9.86. The quantitative estimate of drug-likeness (QED) is 0.790. The molecule has 0 bridgehead atoms. The van der Waals surface area contributed by atoms with Gasteiger partial charge in [0.05, 0.1) is 11.7 Å². The molecule has 1 aliphatic carbocycles. The molecule has 2 aromatic heterocycles. The van der Waals surface area contributed by atoms with Crippen molar-refractivity contribution in [3.63, 3.8) is 0 Å². The molecule has 0 saturated heterocycles. The Kier molecular flexibility index (Phi) is 4.51. The zero-order chi connectivity index (χ0) is 13.8. The molecule has 0 saturated carbocycles. The molecular formula is C16H22N2OS. The molecular weight excluding hydrogens is 268 g/mol. The van der Waals surface area contributed by atoms with Crippen LogP contribution in [0.1, 0.15) is 61.8 Å². The second kappa shape index (κ2) is 6.53. The molecule has 2 heterocycles. The SMILES string of the molecule is O=c1[nH]cnc2sc3c(c12)CCCCCCCCCC3. The maximum atomic E-state index is 12.1. The third-order valence-corrected chi connectivity index (χ3v) is 5.46. The topological polar surface area (TPSA) is 45.8 Å². The number of nitrogens with one attached hydrogen (secondary N) is 1. The highest BCUT2D eigenvalue weighted by atomic mass is 32.1. The van der Waals surface area contributed by atoms with Crippen LogP contribution in [0.25, 0.3) is 10.2 Å². The van der Waals surface area contributed by atoms with E-state index in [1.165, 1.54) is 68.1 Å². The predicted octanol–water partition coefficient (Wildman–Crippen LogP) is 4.20. The van der Waals surface area contributed by atoms with Gasteiger partial charge in [0.15, 0.2) is 0 Å². The van der Waals surface area contributed by atoms with Gasteiger partial charge in [-0.3, -0.25) is 4.79 Å². The maximum absolute atomic E-state index is 12.1. The van der Waals surface area contributed by atoms with Crippen molar-refractivity contribution in [2.45, 2.75) is 64.2 Å². The van der Waals surface area contributed by atoms with Crippen LogP contribution in [0, 0.1) is 0 Å². The number of hydrogen-bond acceptors (Lipinski definition) is 3. The number of fused-ring (bicyclic) bond motifs is 3. The minimum Gasteiger partial charge on any atom is -0.313 e. The summed E-state index contributed by atoms with van der Waals surface area (Å²) >= 11 is 1.73. The summed E-state index contributed by atoms with van der Waals surface area (Å²) in [6.07, 6.45) is 14.2. The van der Waals surface area contributed by atoms with Crippen LogP contribution in [-0.2, 0) is 12.8 Å². The van der Waals surface area contributed by atoms with Gasteiger partial charge in [0.1, 0.15) is 4.83 Å². The zero-order valence-corrected chi connectivity index (χ0v) is 12.7. The summed E-state index contributed by atoms with van der Waals surface area (Å²) in [6.45, 7) is 0. The first kappa shape index (κ1) is 13.8. The summed E-state index contributed by atoms with van der Waals surface area (Å²) in [6, 6.07) is 0. The number of aromatic amines is 1. The van der Waals surface area contributed by atoms with Crippen molar-refractivity contribution in [1.82, 2.24) is 9.97 Å². The highest BCUT2D eigenvalue weighted by Gasteiger charge is 2.15. The number of thiophene rings is 1. The molecule has 0 aromatic carbocycles. The molecule has 2 aromatic rings. The molecule has 0 unspecified atom stereocenters. The molecule has 0 atom stereocenters. The van der Waals surface area contributed by atoms with Crippen molar-refractivity contribution in [2.75, 3.05) is 0 Å². The molecule has 0 aliphatic heterocycles. The van der Waals surface area contributed by atoms with E-state index in [9.17, 15) is 4.79 Å². The first-order valence-corrected chi connectivity index (χ1v) is 8.66. The van der Waals surface area contributed by atoms with Gasteiger partial charge in [-0.2, -0.15) is 0 Å². The van der Waals surface area contributed by atoms with Gasteiger partial charge in [0, 0.05) is 4.88 Å². The van der Waals surface area contributed by atoms with Crippen LogP contribution in [0.2, 0.25) is 0 Å². The fourth-order valence-corrected chi connectivity index (χ4v) is 4.39. The minimum atomic E-state index is 0.0413. The Bertz CT molecular complexity index is 629. The Morgan fingerprint density at radius 1 is 0.950 bits per heavy atom. The average Bonchev–Trinajstić information content (AvgIpc) is 2.78. The van der Waals surface area contributed by atoms with E-state index in [0.717, 1.165) is 23.1 Å². The number of hydrogen-bond donors (Lipinski definition) is 1. The van der Waals surface area contributed by atoms with Crippen molar-refractivity contribution in [1.29, 1.82) is 0 Å². The molecule has 1 aliphatic rings. The Morgan fingerprint density at radius 2 is 1.60 bits per heavy atom. The Morgan fingerprint density at radius 3 is 2.35 bits per heavy atom. The summed E-state index contributed by atoms with van der Waals surface area (Å²) in [4.78, 5) is 21.5. The number of rotatable bonds is 0. The molecule has 0 spiro atoms. The van der Waals surface area contributed by atoms with Crippen molar-refractivity contribution in [3.05, 3.63) is 27.1 Å². The Balaban J connectivity index is 1.95. The van der Waals surface area contributed by atoms with Crippen molar-refractivity contribution >= 4 is 21.6 Å². The summed E-state index contributed by atoms with van der Waals surface area (Å²) in [5.74, 6) is 0. The van der Waals surface area contributed by atoms with Crippen molar-refractivity contribution in [2.24, 2.45) is 0 Å². The molecule has 3 nitrogen and oxygen atoms in total. The number of aromatic nitrogens is 2. The molecule has 0 fully saturated rings. The lowest BCUT2D eigenvalue weighted by molar-refractivity contribution is 0.562. The number of aryl methyl sites for hydroxylation is 2. The lowest BCUT2D eigenvalue weighted by atomic mass is 9.99. The van der Waals surface area contributed by atoms with Crippen LogP contribution < -0.4 is 5.56 Å². The molecule has 4 heteroatoms. The fraction of sp³-hybridized carbons (Fsp3) is 0.625. The maximum Gasteiger partial charge on any atom is 0.259 e. The van der Waals surface area contributed by atoms with E-state index in [1.54, 1.807) is 11.3 Å². The molecule has 1 N–H and O–H groups in total. The molecule has 0 amide bonds.